The number of hydrogen-bond donors (Lipinski definition) is 2. The molecule has 2 N–H and O–H groups in total. The number of H-pyrrole nitrogens is 1. The quantitative estimate of drug-likeness (QED) is 0.873. The number of aromatic amines is 1. The van der Waals surface area contributed by atoms with Gasteiger partial charge in [-0.2, -0.15) is 5.26 Å². The molecule has 27 heavy (non-hydrogen) atoms. The Kier molecular flexibility index (Phi) is 4.80. The molecule has 0 radical (unpaired) electrons. The minimum absolute atomic E-state index is 0.0268. The highest BCUT2D eigenvalue weighted by molar-refractivity contribution is 5.91. The maximum atomic E-state index is 14.2. The van der Waals surface area contributed by atoms with Crippen LogP contribution in [0.1, 0.15) is 42.6 Å². The SMILES string of the molecule is N#Cc1ccc(N2CCC(C(=O)Nc3nc4c([nH]3)CCCC4)CC2)c(F)c1. The summed E-state index contributed by atoms with van der Waals surface area (Å²) < 4.78 is 14.2. The Hall–Kier alpha value is -2.88. The molecule has 0 atom stereocenters. The minimum atomic E-state index is -0.391. The number of carbonyl (C=O) groups is 1. The molecule has 1 fully saturated rings. The summed E-state index contributed by atoms with van der Waals surface area (Å²) in [5.41, 5.74) is 3.02. The van der Waals surface area contributed by atoms with Crippen molar-refractivity contribution in [3.05, 3.63) is 41.0 Å². The second kappa shape index (κ2) is 7.39. The Bertz CT molecular complexity index is 869. The zero-order valence-corrected chi connectivity index (χ0v) is 15.1. The Morgan fingerprint density at radius 2 is 2.07 bits per heavy atom. The van der Waals surface area contributed by atoms with Crippen molar-refractivity contribution in [1.82, 2.24) is 9.97 Å². The predicted octanol–water partition coefficient (Wildman–Crippen LogP) is 3.15. The lowest BCUT2D eigenvalue weighted by molar-refractivity contribution is -0.120. The summed E-state index contributed by atoms with van der Waals surface area (Å²) in [6.07, 6.45) is 5.59. The number of aryl methyl sites for hydroxylation is 2. The molecule has 7 heteroatoms. The van der Waals surface area contributed by atoms with Crippen molar-refractivity contribution in [2.45, 2.75) is 38.5 Å². The number of amides is 1. The lowest BCUT2D eigenvalue weighted by Crippen LogP contribution is -2.38. The summed E-state index contributed by atoms with van der Waals surface area (Å²) in [6.45, 7) is 1.21. The van der Waals surface area contributed by atoms with Crippen LogP contribution in [0.2, 0.25) is 0 Å². The van der Waals surface area contributed by atoms with Crippen LogP contribution in [0.4, 0.5) is 16.0 Å². The maximum Gasteiger partial charge on any atom is 0.229 e. The lowest BCUT2D eigenvalue weighted by Gasteiger charge is -2.33. The number of rotatable bonds is 3. The van der Waals surface area contributed by atoms with Crippen LogP contribution in [0.3, 0.4) is 0 Å². The van der Waals surface area contributed by atoms with E-state index in [1.807, 2.05) is 11.0 Å². The summed E-state index contributed by atoms with van der Waals surface area (Å²) >= 11 is 0. The smallest absolute Gasteiger partial charge is 0.229 e. The molecule has 1 amide bonds. The third-order valence-corrected chi connectivity index (χ3v) is 5.48. The molecule has 0 spiro atoms. The van der Waals surface area contributed by atoms with Crippen LogP contribution in [-0.2, 0) is 17.6 Å². The molecular weight excluding hydrogens is 345 g/mol. The number of anilines is 2. The molecule has 2 aromatic rings. The number of nitrogens with zero attached hydrogens (tertiary/aromatic N) is 3. The molecule has 0 saturated carbocycles. The molecule has 1 aliphatic heterocycles. The van der Waals surface area contributed by atoms with Crippen molar-refractivity contribution < 1.29 is 9.18 Å². The summed E-state index contributed by atoms with van der Waals surface area (Å²) in [6, 6.07) is 6.46. The van der Waals surface area contributed by atoms with Gasteiger partial charge in [-0.3, -0.25) is 10.1 Å². The van der Waals surface area contributed by atoms with Gasteiger partial charge in [-0.1, -0.05) is 0 Å². The zero-order chi connectivity index (χ0) is 18.8. The number of aromatic nitrogens is 2. The summed E-state index contributed by atoms with van der Waals surface area (Å²) in [4.78, 5) is 22.2. The van der Waals surface area contributed by atoms with Crippen molar-refractivity contribution in [1.29, 1.82) is 5.26 Å². The number of fused-ring (bicyclic) bond motifs is 1. The van der Waals surface area contributed by atoms with Crippen LogP contribution in [0.25, 0.3) is 0 Å². The van der Waals surface area contributed by atoms with E-state index < -0.39 is 5.82 Å². The zero-order valence-electron chi connectivity index (χ0n) is 15.1. The van der Waals surface area contributed by atoms with Gasteiger partial charge < -0.3 is 9.88 Å². The molecule has 1 aromatic carbocycles. The van der Waals surface area contributed by atoms with Crippen molar-refractivity contribution >= 4 is 17.5 Å². The van der Waals surface area contributed by atoms with Crippen LogP contribution >= 0.6 is 0 Å². The van der Waals surface area contributed by atoms with Gasteiger partial charge in [0.15, 0.2) is 0 Å². The standard InChI is InChI=1S/C20H22FN5O/c21-15-11-13(12-22)5-6-18(15)26-9-7-14(8-10-26)19(27)25-20-23-16-3-1-2-4-17(16)24-20/h5-6,11,14H,1-4,7-10H2,(H2,23,24,25,27). The van der Waals surface area contributed by atoms with Gasteiger partial charge in [0.05, 0.1) is 23.0 Å². The maximum absolute atomic E-state index is 14.2. The number of imidazole rings is 1. The average molecular weight is 367 g/mol. The van der Waals surface area contributed by atoms with Crippen LogP contribution in [-0.4, -0.2) is 29.0 Å². The largest absolute Gasteiger partial charge is 0.369 e. The second-order valence-electron chi connectivity index (χ2n) is 7.25. The highest BCUT2D eigenvalue weighted by atomic mass is 19.1. The second-order valence-corrected chi connectivity index (χ2v) is 7.25. The van der Waals surface area contributed by atoms with Gasteiger partial charge in [0.25, 0.3) is 0 Å². The van der Waals surface area contributed by atoms with E-state index in [4.69, 9.17) is 5.26 Å². The summed E-state index contributed by atoms with van der Waals surface area (Å²) in [7, 11) is 0. The van der Waals surface area contributed by atoms with Crippen molar-refractivity contribution in [3.63, 3.8) is 0 Å². The van der Waals surface area contributed by atoms with E-state index in [-0.39, 0.29) is 11.8 Å². The summed E-state index contributed by atoms with van der Waals surface area (Å²) in [5.74, 6) is 0.0245. The minimum Gasteiger partial charge on any atom is -0.369 e. The molecule has 0 unspecified atom stereocenters. The van der Waals surface area contributed by atoms with Gasteiger partial charge in [0.2, 0.25) is 11.9 Å². The molecule has 6 nitrogen and oxygen atoms in total. The van der Waals surface area contributed by atoms with Crippen molar-refractivity contribution in [2.75, 3.05) is 23.3 Å². The van der Waals surface area contributed by atoms with Gasteiger partial charge in [0.1, 0.15) is 5.82 Å². The normalized spacial score (nSPS) is 17.3. The van der Waals surface area contributed by atoms with Crippen LogP contribution in [0.5, 0.6) is 0 Å². The molecule has 0 bridgehead atoms. The van der Waals surface area contributed by atoms with Gasteiger partial charge >= 0.3 is 0 Å². The monoisotopic (exact) mass is 367 g/mol. The number of carbonyl (C=O) groups excluding carboxylic acids is 1. The molecule has 4 rings (SSSR count). The van der Waals surface area contributed by atoms with E-state index in [9.17, 15) is 9.18 Å². The Labute approximate surface area is 157 Å². The van der Waals surface area contributed by atoms with E-state index in [0.29, 0.717) is 43.1 Å². The van der Waals surface area contributed by atoms with Gasteiger partial charge in [0, 0.05) is 24.7 Å². The van der Waals surface area contributed by atoms with E-state index in [1.165, 1.54) is 6.07 Å². The fraction of sp³-hybridized carbons (Fsp3) is 0.450. The Morgan fingerprint density at radius 1 is 1.30 bits per heavy atom. The molecule has 1 aromatic heterocycles. The highest BCUT2D eigenvalue weighted by Gasteiger charge is 2.27. The van der Waals surface area contributed by atoms with E-state index >= 15 is 0 Å². The molecule has 2 heterocycles. The molecule has 1 aliphatic carbocycles. The van der Waals surface area contributed by atoms with Gasteiger partial charge in [-0.15, -0.1) is 0 Å². The average Bonchev–Trinajstić information content (AvgIpc) is 3.10. The van der Waals surface area contributed by atoms with Crippen LogP contribution in [0.15, 0.2) is 18.2 Å². The Balaban J connectivity index is 1.35. The molecule has 2 aliphatic rings. The number of nitriles is 1. The van der Waals surface area contributed by atoms with Gasteiger partial charge in [-0.05, 0) is 56.7 Å². The third-order valence-electron chi connectivity index (χ3n) is 5.48. The third kappa shape index (κ3) is 3.65. The first kappa shape index (κ1) is 17.5. The fourth-order valence-electron chi connectivity index (χ4n) is 3.95. The van der Waals surface area contributed by atoms with Crippen LogP contribution < -0.4 is 10.2 Å². The highest BCUT2D eigenvalue weighted by Crippen LogP contribution is 2.27. The summed E-state index contributed by atoms with van der Waals surface area (Å²) in [5, 5.41) is 11.8. The van der Waals surface area contributed by atoms with E-state index in [1.54, 1.807) is 12.1 Å². The number of piperidine rings is 1. The topological polar surface area (TPSA) is 84.8 Å². The van der Waals surface area contributed by atoms with Crippen molar-refractivity contribution in [2.24, 2.45) is 5.92 Å². The number of hydrogen-bond acceptors (Lipinski definition) is 4. The molecular formula is C20H22FN5O. The molecule has 1 saturated heterocycles. The first-order chi connectivity index (χ1) is 13.1. The van der Waals surface area contributed by atoms with Gasteiger partial charge in [-0.25, -0.2) is 9.37 Å². The molecule has 140 valence electrons. The van der Waals surface area contributed by atoms with Crippen LogP contribution in [0, 0.1) is 23.1 Å². The predicted molar refractivity (Wildman–Crippen MR) is 99.9 cm³/mol. The number of nitrogens with one attached hydrogen (secondary N) is 2. The number of halogens is 1. The van der Waals surface area contributed by atoms with Crippen molar-refractivity contribution in [3.8, 4) is 6.07 Å². The van der Waals surface area contributed by atoms with E-state index in [0.717, 1.165) is 37.1 Å². The fourth-order valence-corrected chi connectivity index (χ4v) is 3.95. The number of benzene rings is 1. The first-order valence-electron chi connectivity index (χ1n) is 9.47. The first-order valence-corrected chi connectivity index (χ1v) is 9.47. The van der Waals surface area contributed by atoms with E-state index in [2.05, 4.69) is 15.3 Å². The lowest BCUT2D eigenvalue weighted by atomic mass is 9.95. The Morgan fingerprint density at radius 3 is 2.78 bits per heavy atom.